The lowest BCUT2D eigenvalue weighted by Crippen LogP contribution is -2.22. The molecular weight excluding hydrogens is 410 g/mol. The number of nitrogens with zero attached hydrogens (tertiary/aromatic N) is 2. The summed E-state index contributed by atoms with van der Waals surface area (Å²) in [6, 6.07) is 19.1. The quantitative estimate of drug-likeness (QED) is 0.401. The summed E-state index contributed by atoms with van der Waals surface area (Å²) in [6.07, 6.45) is 0. The van der Waals surface area contributed by atoms with Crippen molar-refractivity contribution in [1.82, 2.24) is 4.90 Å². The van der Waals surface area contributed by atoms with Crippen LogP contribution in [0.2, 0.25) is 0 Å². The van der Waals surface area contributed by atoms with Gasteiger partial charge >= 0.3 is 5.69 Å². The molecule has 32 heavy (non-hydrogen) atoms. The van der Waals surface area contributed by atoms with Crippen LogP contribution in [0.1, 0.15) is 22.3 Å². The molecule has 0 radical (unpaired) electrons. The molecule has 0 aliphatic carbocycles. The van der Waals surface area contributed by atoms with E-state index in [1.54, 1.807) is 12.1 Å². The second kappa shape index (κ2) is 9.67. The molecule has 1 heterocycles. The van der Waals surface area contributed by atoms with Gasteiger partial charge in [0.25, 0.3) is 0 Å². The number of rotatable bonds is 9. The summed E-state index contributed by atoms with van der Waals surface area (Å²) in [7, 11) is 1.43. The Morgan fingerprint density at radius 2 is 1.50 bits per heavy atom. The number of nitro benzene ring substituents is 1. The van der Waals surface area contributed by atoms with E-state index >= 15 is 0 Å². The average Bonchev–Trinajstić information content (AvgIpc) is 3.27. The third-order valence-electron chi connectivity index (χ3n) is 5.35. The van der Waals surface area contributed by atoms with Crippen molar-refractivity contribution in [2.24, 2.45) is 5.73 Å². The van der Waals surface area contributed by atoms with Gasteiger partial charge in [0.05, 0.1) is 12.0 Å². The maximum Gasteiger partial charge on any atom is 0.311 e. The fourth-order valence-corrected chi connectivity index (χ4v) is 3.74. The van der Waals surface area contributed by atoms with E-state index in [4.69, 9.17) is 19.9 Å². The number of nitro groups is 1. The van der Waals surface area contributed by atoms with Gasteiger partial charge in [-0.25, -0.2) is 0 Å². The molecule has 0 atom stereocenters. The Kier molecular flexibility index (Phi) is 6.53. The van der Waals surface area contributed by atoms with Gasteiger partial charge in [-0.05, 0) is 40.5 Å². The molecule has 8 heteroatoms. The molecule has 2 N–H and O–H groups in total. The number of hydrogen-bond acceptors (Lipinski definition) is 7. The number of hydrogen-bond donors (Lipinski definition) is 1. The Morgan fingerprint density at radius 1 is 0.906 bits per heavy atom. The molecule has 0 saturated heterocycles. The van der Waals surface area contributed by atoms with Crippen LogP contribution in [0.15, 0.2) is 60.7 Å². The second-order valence-electron chi connectivity index (χ2n) is 7.62. The highest BCUT2D eigenvalue weighted by Crippen LogP contribution is 2.33. The minimum absolute atomic E-state index is 0.0414. The summed E-state index contributed by atoms with van der Waals surface area (Å²) in [4.78, 5) is 13.2. The highest BCUT2D eigenvalue weighted by atomic mass is 16.7. The summed E-state index contributed by atoms with van der Waals surface area (Å²) in [5.41, 5.74) is 9.77. The van der Waals surface area contributed by atoms with Crippen LogP contribution in [-0.4, -0.2) is 23.7 Å². The van der Waals surface area contributed by atoms with Crippen LogP contribution in [0, 0.1) is 10.1 Å². The Hall–Kier alpha value is -3.62. The van der Waals surface area contributed by atoms with Crippen LogP contribution in [-0.2, 0) is 26.2 Å². The third-order valence-corrected chi connectivity index (χ3v) is 5.35. The van der Waals surface area contributed by atoms with E-state index in [9.17, 15) is 10.1 Å². The van der Waals surface area contributed by atoms with Crippen LogP contribution < -0.4 is 19.9 Å². The normalized spacial score (nSPS) is 12.2. The number of benzene rings is 3. The molecule has 0 spiro atoms. The predicted molar refractivity (Wildman–Crippen MR) is 119 cm³/mol. The lowest BCUT2D eigenvalue weighted by molar-refractivity contribution is -0.385. The Balaban J connectivity index is 1.59. The molecule has 0 fully saturated rings. The van der Waals surface area contributed by atoms with E-state index in [0.717, 1.165) is 33.8 Å². The molecule has 0 aromatic heterocycles. The van der Waals surface area contributed by atoms with Crippen LogP contribution in [0.4, 0.5) is 5.69 Å². The molecule has 3 aromatic carbocycles. The van der Waals surface area contributed by atoms with E-state index in [2.05, 4.69) is 17.0 Å². The van der Waals surface area contributed by atoms with Gasteiger partial charge in [-0.15, -0.1) is 0 Å². The number of ether oxygens (including phenoxy) is 3. The van der Waals surface area contributed by atoms with Crippen LogP contribution in [0.5, 0.6) is 17.2 Å². The van der Waals surface area contributed by atoms with Crippen molar-refractivity contribution in [2.45, 2.75) is 26.2 Å². The van der Waals surface area contributed by atoms with Crippen molar-refractivity contribution in [3.63, 3.8) is 0 Å². The van der Waals surface area contributed by atoms with Gasteiger partial charge in [0.15, 0.2) is 17.2 Å². The first-order chi connectivity index (χ1) is 15.6. The zero-order valence-electron chi connectivity index (χ0n) is 17.8. The SMILES string of the molecule is COc1ccc(CN(Cc2ccc(CN)cc2)Cc2ccc3c(c2)OCO3)cc1[N+](=O)[O-]. The fourth-order valence-electron chi connectivity index (χ4n) is 3.74. The predicted octanol–water partition coefficient (Wildman–Crippen LogP) is 3.99. The standard InChI is InChI=1S/C24H25N3O5/c1-30-22-8-6-19(10-21(22)27(28)29)14-26(13-18-4-2-17(12-25)3-5-18)15-20-7-9-23-24(11-20)32-16-31-23/h2-11H,12-16,25H2,1H3. The van der Waals surface area contributed by atoms with E-state index in [1.165, 1.54) is 7.11 Å². The topological polar surface area (TPSA) is 100 Å². The lowest BCUT2D eigenvalue weighted by Gasteiger charge is -2.23. The molecule has 4 rings (SSSR count). The van der Waals surface area contributed by atoms with Gasteiger partial charge in [-0.1, -0.05) is 36.4 Å². The average molecular weight is 435 g/mol. The van der Waals surface area contributed by atoms with Crippen molar-refractivity contribution < 1.29 is 19.1 Å². The van der Waals surface area contributed by atoms with Crippen LogP contribution in [0.25, 0.3) is 0 Å². The van der Waals surface area contributed by atoms with Gasteiger partial charge in [-0.2, -0.15) is 0 Å². The number of methoxy groups -OCH3 is 1. The Labute approximate surface area is 186 Å². The summed E-state index contributed by atoms with van der Waals surface area (Å²) in [6.45, 7) is 2.55. The van der Waals surface area contributed by atoms with Crippen LogP contribution >= 0.6 is 0 Å². The summed E-state index contributed by atoms with van der Waals surface area (Å²) in [5, 5.41) is 11.4. The minimum atomic E-state index is -0.421. The van der Waals surface area contributed by atoms with E-state index in [0.29, 0.717) is 26.2 Å². The summed E-state index contributed by atoms with van der Waals surface area (Å²) < 4.78 is 16.0. The first-order valence-corrected chi connectivity index (χ1v) is 10.3. The van der Waals surface area contributed by atoms with Crippen molar-refractivity contribution >= 4 is 5.69 Å². The smallest absolute Gasteiger partial charge is 0.311 e. The van der Waals surface area contributed by atoms with Gasteiger partial charge in [0.1, 0.15) is 0 Å². The molecule has 0 saturated carbocycles. The van der Waals surface area contributed by atoms with Crippen LogP contribution in [0.3, 0.4) is 0 Å². The second-order valence-corrected chi connectivity index (χ2v) is 7.62. The zero-order chi connectivity index (χ0) is 22.5. The van der Waals surface area contributed by atoms with Crippen molar-refractivity contribution in [3.05, 3.63) is 93.0 Å². The van der Waals surface area contributed by atoms with Gasteiger partial charge in [0, 0.05) is 32.2 Å². The maximum atomic E-state index is 11.4. The van der Waals surface area contributed by atoms with Gasteiger partial charge in [-0.3, -0.25) is 15.0 Å². The van der Waals surface area contributed by atoms with E-state index in [-0.39, 0.29) is 18.2 Å². The van der Waals surface area contributed by atoms with E-state index in [1.807, 2.05) is 36.4 Å². The first kappa shape index (κ1) is 21.6. The van der Waals surface area contributed by atoms with Gasteiger partial charge < -0.3 is 19.9 Å². The Morgan fingerprint density at radius 3 is 2.19 bits per heavy atom. The minimum Gasteiger partial charge on any atom is -0.490 e. The third kappa shape index (κ3) is 4.99. The molecule has 8 nitrogen and oxygen atoms in total. The Bertz CT molecular complexity index is 1100. The monoisotopic (exact) mass is 435 g/mol. The molecule has 1 aliphatic rings. The highest BCUT2D eigenvalue weighted by molar-refractivity contribution is 5.49. The molecule has 166 valence electrons. The molecular formula is C24H25N3O5. The van der Waals surface area contributed by atoms with E-state index < -0.39 is 4.92 Å². The maximum absolute atomic E-state index is 11.4. The van der Waals surface area contributed by atoms with Crippen molar-refractivity contribution in [2.75, 3.05) is 13.9 Å². The lowest BCUT2D eigenvalue weighted by atomic mass is 10.1. The van der Waals surface area contributed by atoms with Crippen molar-refractivity contribution in [1.29, 1.82) is 0 Å². The molecule has 3 aromatic rings. The summed E-state index contributed by atoms with van der Waals surface area (Å²) in [5.74, 6) is 1.72. The fraction of sp³-hybridized carbons (Fsp3) is 0.250. The molecule has 1 aliphatic heterocycles. The molecule has 0 unspecified atom stereocenters. The number of nitrogens with two attached hydrogens (primary N) is 1. The number of fused-ring (bicyclic) bond motifs is 1. The highest BCUT2D eigenvalue weighted by Gasteiger charge is 2.18. The summed E-state index contributed by atoms with van der Waals surface area (Å²) >= 11 is 0. The largest absolute Gasteiger partial charge is 0.490 e. The molecule has 0 amide bonds. The molecule has 0 bridgehead atoms. The van der Waals surface area contributed by atoms with Gasteiger partial charge in [0.2, 0.25) is 6.79 Å². The van der Waals surface area contributed by atoms with Crippen molar-refractivity contribution in [3.8, 4) is 17.2 Å². The first-order valence-electron chi connectivity index (χ1n) is 10.3. The zero-order valence-corrected chi connectivity index (χ0v) is 17.8.